The van der Waals surface area contributed by atoms with Crippen LogP contribution in [0.1, 0.15) is 116 Å². The van der Waals surface area contributed by atoms with Crippen molar-refractivity contribution in [3.63, 3.8) is 0 Å². The fraction of sp³-hybridized carbons (Fsp3) is 0.893. The van der Waals surface area contributed by atoms with Crippen LogP contribution in [-0.4, -0.2) is 74.1 Å². The van der Waals surface area contributed by atoms with Gasteiger partial charge in [0.25, 0.3) is 0 Å². The summed E-state index contributed by atoms with van der Waals surface area (Å²) in [5.74, 6) is -0.912. The van der Waals surface area contributed by atoms with Crippen molar-refractivity contribution in [2.75, 3.05) is 46.1 Å². The van der Waals surface area contributed by atoms with Gasteiger partial charge >= 0.3 is 5.97 Å². The number of carbonyl (C=O) groups is 3. The highest BCUT2D eigenvalue weighted by Gasteiger charge is 2.01. The van der Waals surface area contributed by atoms with E-state index in [-0.39, 0.29) is 11.8 Å². The summed E-state index contributed by atoms with van der Waals surface area (Å²) in [5, 5.41) is 22.7. The average molecular weight is 531 g/mol. The molecule has 0 aromatic rings. The molecule has 9 nitrogen and oxygen atoms in total. The fourth-order valence-corrected chi connectivity index (χ4v) is 3.89. The minimum absolute atomic E-state index is 0.136. The Morgan fingerprint density at radius 2 is 0.865 bits per heavy atom. The van der Waals surface area contributed by atoms with E-state index < -0.39 is 12.6 Å². The Bertz CT molecular complexity index is 547. The number of aliphatic hydroxyl groups is 1. The molecule has 0 aromatic carbocycles. The quantitative estimate of drug-likeness (QED) is 0.106. The van der Waals surface area contributed by atoms with Crippen LogP contribution in [0.5, 0.6) is 0 Å². The number of carboxylic acids is 1. The van der Waals surface area contributed by atoms with Crippen LogP contribution >= 0.6 is 0 Å². The number of amides is 2. The lowest BCUT2D eigenvalue weighted by Crippen LogP contribution is -2.27. The largest absolute Gasteiger partial charge is 0.481 e. The van der Waals surface area contributed by atoms with Gasteiger partial charge < -0.3 is 30.3 Å². The molecule has 0 spiro atoms. The van der Waals surface area contributed by atoms with Crippen LogP contribution in [0.3, 0.4) is 0 Å². The van der Waals surface area contributed by atoms with E-state index in [1.807, 2.05) is 0 Å². The molecular weight excluding hydrogens is 476 g/mol. The van der Waals surface area contributed by atoms with Crippen LogP contribution in [0.15, 0.2) is 0 Å². The normalized spacial score (nSPS) is 10.9. The molecule has 0 aromatic heterocycles. The standard InChI is InChI=1S/C28H54N2O7/c31-25-27(33)30-20-16-24-37-22-14-13-21-36-23-15-19-29-26(32)17-11-9-7-5-3-1-2-4-6-8-10-12-18-28(34)35/h31H,1-25H2,(H,29,32)(H,30,33)(H,34,35). The summed E-state index contributed by atoms with van der Waals surface area (Å²) in [5.41, 5.74) is 0. The number of carbonyl (C=O) groups excluding carboxylic acids is 2. The third kappa shape index (κ3) is 30.4. The number of nitrogens with one attached hydrogen (secondary N) is 2. The van der Waals surface area contributed by atoms with Crippen LogP contribution in [0.4, 0.5) is 0 Å². The Balaban J connectivity index is 3.18. The highest BCUT2D eigenvalue weighted by molar-refractivity contribution is 5.76. The molecule has 218 valence electrons. The molecule has 0 fully saturated rings. The summed E-state index contributed by atoms with van der Waals surface area (Å²) in [6, 6.07) is 0. The number of aliphatic carboxylic acids is 1. The zero-order chi connectivity index (χ0) is 27.2. The second-order valence-electron chi connectivity index (χ2n) is 9.63. The van der Waals surface area contributed by atoms with Crippen molar-refractivity contribution < 1.29 is 34.1 Å². The fourth-order valence-electron chi connectivity index (χ4n) is 3.89. The molecule has 0 saturated carbocycles. The number of ether oxygens (including phenoxy) is 2. The van der Waals surface area contributed by atoms with Crippen molar-refractivity contribution in [1.29, 1.82) is 0 Å². The number of aliphatic hydroxyl groups excluding tert-OH is 1. The third-order valence-corrected chi connectivity index (χ3v) is 6.09. The molecule has 9 heteroatoms. The van der Waals surface area contributed by atoms with Gasteiger partial charge in [-0.15, -0.1) is 0 Å². The van der Waals surface area contributed by atoms with Gasteiger partial charge in [-0.25, -0.2) is 0 Å². The van der Waals surface area contributed by atoms with E-state index in [1.54, 1.807) is 0 Å². The van der Waals surface area contributed by atoms with Crippen LogP contribution < -0.4 is 10.6 Å². The van der Waals surface area contributed by atoms with Crippen LogP contribution in [0, 0.1) is 0 Å². The third-order valence-electron chi connectivity index (χ3n) is 6.09. The topological polar surface area (TPSA) is 134 Å². The summed E-state index contributed by atoms with van der Waals surface area (Å²) in [6.45, 7) is 3.31. The maximum Gasteiger partial charge on any atom is 0.303 e. The number of unbranched alkanes of at least 4 members (excludes halogenated alkanes) is 12. The lowest BCUT2D eigenvalue weighted by atomic mass is 10.0. The summed E-state index contributed by atoms with van der Waals surface area (Å²) in [7, 11) is 0. The van der Waals surface area contributed by atoms with E-state index in [9.17, 15) is 14.4 Å². The molecule has 0 bridgehead atoms. The van der Waals surface area contributed by atoms with Gasteiger partial charge in [0.05, 0.1) is 0 Å². The Kier molecular flexibility index (Phi) is 27.5. The van der Waals surface area contributed by atoms with Crippen molar-refractivity contribution in [1.82, 2.24) is 10.6 Å². The van der Waals surface area contributed by atoms with Crippen LogP contribution in [-0.2, 0) is 23.9 Å². The molecule has 0 rings (SSSR count). The monoisotopic (exact) mass is 530 g/mol. The van der Waals surface area contributed by atoms with Crippen molar-refractivity contribution in [3.05, 3.63) is 0 Å². The predicted octanol–water partition coefficient (Wildman–Crippen LogP) is 4.35. The molecular formula is C28H54N2O7. The van der Waals surface area contributed by atoms with Crippen molar-refractivity contribution >= 4 is 17.8 Å². The van der Waals surface area contributed by atoms with Crippen LogP contribution in [0.25, 0.3) is 0 Å². The van der Waals surface area contributed by atoms with Gasteiger partial charge in [0.15, 0.2) is 0 Å². The van der Waals surface area contributed by atoms with E-state index in [1.165, 1.54) is 44.9 Å². The summed E-state index contributed by atoms with van der Waals surface area (Å²) >= 11 is 0. The lowest BCUT2D eigenvalue weighted by molar-refractivity contribution is -0.137. The van der Waals surface area contributed by atoms with E-state index in [0.29, 0.717) is 52.4 Å². The molecule has 0 aliphatic heterocycles. The smallest absolute Gasteiger partial charge is 0.303 e. The van der Waals surface area contributed by atoms with Gasteiger partial charge in [-0.2, -0.15) is 0 Å². The van der Waals surface area contributed by atoms with Gasteiger partial charge in [-0.1, -0.05) is 64.2 Å². The molecule has 0 atom stereocenters. The first-order valence-electron chi connectivity index (χ1n) is 14.6. The second kappa shape index (κ2) is 28.9. The van der Waals surface area contributed by atoms with Gasteiger partial charge in [-0.3, -0.25) is 14.4 Å². The highest BCUT2D eigenvalue weighted by atomic mass is 16.5. The number of carboxylic acid groups (broad SMARTS) is 1. The first-order chi connectivity index (χ1) is 18.1. The number of rotatable bonds is 29. The van der Waals surface area contributed by atoms with Gasteiger partial charge in [0.2, 0.25) is 11.8 Å². The minimum atomic E-state index is -0.688. The van der Waals surface area contributed by atoms with Gasteiger partial charge in [0.1, 0.15) is 6.61 Å². The van der Waals surface area contributed by atoms with Crippen molar-refractivity contribution in [2.24, 2.45) is 0 Å². The average Bonchev–Trinajstić information content (AvgIpc) is 2.88. The number of hydrogen-bond acceptors (Lipinski definition) is 6. The molecule has 0 saturated heterocycles. The maximum atomic E-state index is 11.9. The van der Waals surface area contributed by atoms with Gasteiger partial charge in [0, 0.05) is 52.4 Å². The Labute approximate surface area is 224 Å². The van der Waals surface area contributed by atoms with E-state index in [4.69, 9.17) is 19.7 Å². The van der Waals surface area contributed by atoms with E-state index in [2.05, 4.69) is 10.6 Å². The molecule has 0 aliphatic carbocycles. The molecule has 0 unspecified atom stereocenters. The summed E-state index contributed by atoms with van der Waals surface area (Å²) in [4.78, 5) is 33.2. The van der Waals surface area contributed by atoms with E-state index in [0.717, 1.165) is 57.8 Å². The van der Waals surface area contributed by atoms with E-state index >= 15 is 0 Å². The predicted molar refractivity (Wildman–Crippen MR) is 145 cm³/mol. The minimum Gasteiger partial charge on any atom is -0.481 e. The first kappa shape index (κ1) is 35.3. The first-order valence-corrected chi connectivity index (χ1v) is 14.6. The molecule has 4 N–H and O–H groups in total. The highest BCUT2D eigenvalue weighted by Crippen LogP contribution is 2.13. The lowest BCUT2D eigenvalue weighted by Gasteiger charge is -2.07. The molecule has 2 amide bonds. The molecule has 37 heavy (non-hydrogen) atoms. The Hall–Kier alpha value is -1.71. The zero-order valence-corrected chi connectivity index (χ0v) is 23.1. The summed E-state index contributed by atoms with van der Waals surface area (Å²) in [6.07, 6.45) is 18.1. The maximum absolute atomic E-state index is 11.9. The molecule has 0 aliphatic rings. The van der Waals surface area contributed by atoms with Crippen LogP contribution in [0.2, 0.25) is 0 Å². The SMILES string of the molecule is O=C(O)CCCCCCCCCCCCCCC(=O)NCCCOCCCCOCCCNC(=O)CO. The number of hydrogen-bond donors (Lipinski definition) is 4. The Morgan fingerprint density at radius 1 is 0.486 bits per heavy atom. The van der Waals surface area contributed by atoms with Gasteiger partial charge in [-0.05, 0) is 38.5 Å². The zero-order valence-electron chi connectivity index (χ0n) is 23.1. The second-order valence-corrected chi connectivity index (χ2v) is 9.63. The molecule has 0 heterocycles. The van der Waals surface area contributed by atoms with Crippen molar-refractivity contribution in [2.45, 2.75) is 116 Å². The molecule has 0 radical (unpaired) electrons. The Morgan fingerprint density at radius 3 is 1.30 bits per heavy atom. The van der Waals surface area contributed by atoms with Crippen molar-refractivity contribution in [3.8, 4) is 0 Å². The summed E-state index contributed by atoms with van der Waals surface area (Å²) < 4.78 is 11.1.